The molecular weight excluding hydrogens is 228 g/mol. The SMILES string of the molecule is CCN(C(=O)CC1CCCCC1N)C(C)COC. The Morgan fingerprint density at radius 1 is 1.44 bits per heavy atom. The third-order valence-corrected chi connectivity index (χ3v) is 4.01. The van der Waals surface area contributed by atoms with Gasteiger partial charge in [0.2, 0.25) is 5.91 Å². The molecule has 2 N–H and O–H groups in total. The van der Waals surface area contributed by atoms with Gasteiger partial charge in [0.25, 0.3) is 0 Å². The molecule has 0 radical (unpaired) electrons. The number of nitrogens with zero attached hydrogens (tertiary/aromatic N) is 1. The van der Waals surface area contributed by atoms with E-state index in [-0.39, 0.29) is 18.0 Å². The second-order valence-electron chi connectivity index (χ2n) is 5.40. The predicted molar refractivity (Wildman–Crippen MR) is 73.3 cm³/mol. The van der Waals surface area contributed by atoms with Crippen LogP contribution in [-0.2, 0) is 9.53 Å². The van der Waals surface area contributed by atoms with Gasteiger partial charge in [-0.05, 0) is 32.6 Å². The summed E-state index contributed by atoms with van der Waals surface area (Å²) >= 11 is 0. The Morgan fingerprint density at radius 2 is 2.11 bits per heavy atom. The van der Waals surface area contributed by atoms with Gasteiger partial charge < -0.3 is 15.4 Å². The first-order chi connectivity index (χ1) is 8.60. The Kier molecular flexibility index (Phi) is 6.65. The maximum absolute atomic E-state index is 12.3. The number of amides is 1. The lowest BCUT2D eigenvalue weighted by Gasteiger charge is -2.32. The fraction of sp³-hybridized carbons (Fsp3) is 0.929. The van der Waals surface area contributed by atoms with Crippen LogP contribution >= 0.6 is 0 Å². The van der Waals surface area contributed by atoms with Crippen molar-refractivity contribution in [2.24, 2.45) is 11.7 Å². The van der Waals surface area contributed by atoms with Gasteiger partial charge in [-0.15, -0.1) is 0 Å². The molecule has 3 unspecified atom stereocenters. The molecule has 0 aromatic rings. The van der Waals surface area contributed by atoms with Gasteiger partial charge in [0.05, 0.1) is 12.6 Å². The Morgan fingerprint density at radius 3 is 2.67 bits per heavy atom. The summed E-state index contributed by atoms with van der Waals surface area (Å²) in [7, 11) is 1.67. The molecule has 1 fully saturated rings. The van der Waals surface area contributed by atoms with Crippen molar-refractivity contribution in [3.8, 4) is 0 Å². The Labute approximate surface area is 111 Å². The average molecular weight is 256 g/mol. The molecule has 0 bridgehead atoms. The zero-order valence-electron chi connectivity index (χ0n) is 12.0. The molecule has 0 aromatic carbocycles. The molecule has 1 aliphatic rings. The van der Waals surface area contributed by atoms with Crippen LogP contribution in [-0.4, -0.2) is 43.2 Å². The molecule has 0 aliphatic heterocycles. The third-order valence-electron chi connectivity index (χ3n) is 4.01. The van der Waals surface area contributed by atoms with Gasteiger partial charge in [0, 0.05) is 26.1 Å². The summed E-state index contributed by atoms with van der Waals surface area (Å²) in [6, 6.07) is 0.353. The van der Waals surface area contributed by atoms with Crippen molar-refractivity contribution in [1.29, 1.82) is 0 Å². The van der Waals surface area contributed by atoms with E-state index in [0.29, 0.717) is 18.9 Å². The second-order valence-corrected chi connectivity index (χ2v) is 5.40. The van der Waals surface area contributed by atoms with E-state index in [2.05, 4.69) is 0 Å². The fourth-order valence-electron chi connectivity index (χ4n) is 2.90. The van der Waals surface area contributed by atoms with Crippen molar-refractivity contribution >= 4 is 5.91 Å². The minimum atomic E-state index is 0.146. The highest BCUT2D eigenvalue weighted by atomic mass is 16.5. The number of carbonyl (C=O) groups excluding carboxylic acids is 1. The van der Waals surface area contributed by atoms with E-state index >= 15 is 0 Å². The molecule has 1 rings (SSSR count). The van der Waals surface area contributed by atoms with Crippen LogP contribution < -0.4 is 5.73 Å². The zero-order valence-corrected chi connectivity index (χ0v) is 12.0. The summed E-state index contributed by atoms with van der Waals surface area (Å²) in [5.74, 6) is 0.597. The van der Waals surface area contributed by atoms with Crippen molar-refractivity contribution in [1.82, 2.24) is 4.90 Å². The topological polar surface area (TPSA) is 55.6 Å². The van der Waals surface area contributed by atoms with E-state index in [1.165, 1.54) is 12.8 Å². The first-order valence-corrected chi connectivity index (χ1v) is 7.14. The molecule has 0 heterocycles. The van der Waals surface area contributed by atoms with Crippen molar-refractivity contribution in [3.63, 3.8) is 0 Å². The highest BCUT2D eigenvalue weighted by Crippen LogP contribution is 2.26. The maximum atomic E-state index is 12.3. The molecule has 1 amide bonds. The van der Waals surface area contributed by atoms with E-state index in [0.717, 1.165) is 19.4 Å². The number of hydrogen-bond acceptors (Lipinski definition) is 3. The summed E-state index contributed by atoms with van der Waals surface area (Å²) in [6.45, 7) is 5.39. The average Bonchev–Trinajstić information content (AvgIpc) is 2.33. The van der Waals surface area contributed by atoms with Crippen LogP contribution in [0.1, 0.15) is 46.0 Å². The minimum Gasteiger partial charge on any atom is -0.383 e. The van der Waals surface area contributed by atoms with E-state index in [4.69, 9.17) is 10.5 Å². The molecule has 0 spiro atoms. The number of rotatable bonds is 6. The number of likely N-dealkylation sites (N-methyl/N-ethyl adjacent to an activating group) is 1. The fourth-order valence-corrected chi connectivity index (χ4v) is 2.90. The van der Waals surface area contributed by atoms with Gasteiger partial charge in [-0.1, -0.05) is 12.8 Å². The van der Waals surface area contributed by atoms with Crippen molar-refractivity contribution < 1.29 is 9.53 Å². The molecule has 3 atom stereocenters. The molecule has 4 nitrogen and oxygen atoms in total. The minimum absolute atomic E-state index is 0.146. The molecule has 106 valence electrons. The van der Waals surface area contributed by atoms with E-state index in [9.17, 15) is 4.79 Å². The lowest BCUT2D eigenvalue weighted by atomic mass is 9.82. The highest BCUT2D eigenvalue weighted by Gasteiger charge is 2.27. The predicted octanol–water partition coefficient (Wildman–Crippen LogP) is 1.78. The first-order valence-electron chi connectivity index (χ1n) is 7.14. The van der Waals surface area contributed by atoms with Crippen LogP contribution in [0.4, 0.5) is 0 Å². The first kappa shape index (κ1) is 15.4. The summed E-state index contributed by atoms with van der Waals surface area (Å²) in [5.41, 5.74) is 6.11. The van der Waals surface area contributed by atoms with Crippen LogP contribution in [0.25, 0.3) is 0 Å². The Hall–Kier alpha value is -0.610. The van der Waals surface area contributed by atoms with Crippen LogP contribution in [0.2, 0.25) is 0 Å². The van der Waals surface area contributed by atoms with Gasteiger partial charge in [-0.3, -0.25) is 4.79 Å². The van der Waals surface area contributed by atoms with Gasteiger partial charge >= 0.3 is 0 Å². The van der Waals surface area contributed by atoms with Crippen molar-refractivity contribution in [3.05, 3.63) is 0 Å². The van der Waals surface area contributed by atoms with Crippen LogP contribution in [0.3, 0.4) is 0 Å². The molecule has 1 saturated carbocycles. The second kappa shape index (κ2) is 7.74. The zero-order chi connectivity index (χ0) is 13.5. The maximum Gasteiger partial charge on any atom is 0.223 e. The Balaban J connectivity index is 2.50. The lowest BCUT2D eigenvalue weighted by molar-refractivity contribution is -0.135. The number of hydrogen-bond donors (Lipinski definition) is 1. The summed E-state index contributed by atoms with van der Waals surface area (Å²) in [4.78, 5) is 14.2. The molecule has 4 heteroatoms. The monoisotopic (exact) mass is 256 g/mol. The summed E-state index contributed by atoms with van der Waals surface area (Å²) in [6.07, 6.45) is 5.19. The number of carbonyl (C=O) groups is 1. The van der Waals surface area contributed by atoms with E-state index in [1.54, 1.807) is 7.11 Å². The molecule has 0 aromatic heterocycles. The molecular formula is C14H28N2O2. The van der Waals surface area contributed by atoms with E-state index in [1.807, 2.05) is 18.7 Å². The van der Waals surface area contributed by atoms with Gasteiger partial charge in [0.15, 0.2) is 0 Å². The molecule has 18 heavy (non-hydrogen) atoms. The smallest absolute Gasteiger partial charge is 0.223 e. The number of nitrogens with two attached hydrogens (primary N) is 1. The van der Waals surface area contributed by atoms with Crippen LogP contribution in [0.15, 0.2) is 0 Å². The third kappa shape index (κ3) is 4.25. The molecule has 0 saturated heterocycles. The summed E-state index contributed by atoms with van der Waals surface area (Å²) < 4.78 is 5.13. The van der Waals surface area contributed by atoms with Crippen LogP contribution in [0.5, 0.6) is 0 Å². The molecule has 1 aliphatic carbocycles. The van der Waals surface area contributed by atoms with Gasteiger partial charge in [0.1, 0.15) is 0 Å². The quantitative estimate of drug-likeness (QED) is 0.788. The highest BCUT2D eigenvalue weighted by molar-refractivity contribution is 5.76. The largest absolute Gasteiger partial charge is 0.383 e. The number of ether oxygens (including phenoxy) is 1. The van der Waals surface area contributed by atoms with Crippen molar-refractivity contribution in [2.75, 3.05) is 20.3 Å². The Bertz CT molecular complexity index is 258. The normalized spacial score (nSPS) is 25.8. The summed E-state index contributed by atoms with van der Waals surface area (Å²) in [5, 5.41) is 0. The van der Waals surface area contributed by atoms with Gasteiger partial charge in [-0.25, -0.2) is 0 Å². The standard InChI is InChI=1S/C14H28N2O2/c1-4-16(11(2)10-18-3)14(17)9-12-7-5-6-8-13(12)15/h11-13H,4-10,15H2,1-3H3. The number of methoxy groups -OCH3 is 1. The lowest BCUT2D eigenvalue weighted by Crippen LogP contribution is -2.44. The van der Waals surface area contributed by atoms with Crippen LogP contribution in [0, 0.1) is 5.92 Å². The van der Waals surface area contributed by atoms with Gasteiger partial charge in [-0.2, -0.15) is 0 Å². The van der Waals surface area contributed by atoms with E-state index < -0.39 is 0 Å². The van der Waals surface area contributed by atoms with Crippen molar-refractivity contribution in [2.45, 2.75) is 58.0 Å².